The van der Waals surface area contributed by atoms with Crippen LogP contribution in [0.4, 0.5) is 0 Å². The molecule has 0 unspecified atom stereocenters. The highest BCUT2D eigenvalue weighted by Crippen LogP contribution is 2.05. The molecule has 0 aliphatic heterocycles. The number of hydrogen-bond acceptors (Lipinski definition) is 3. The van der Waals surface area contributed by atoms with Crippen LogP contribution in [0.1, 0.15) is 11.1 Å². The minimum absolute atomic E-state index is 0.674. The van der Waals surface area contributed by atoms with E-state index < -0.39 is 0 Å². The van der Waals surface area contributed by atoms with Crippen LogP contribution in [0.5, 0.6) is 0 Å². The smallest absolute Gasteiger partial charge is 0.0713 e. The molecule has 3 heteroatoms. The number of benzene rings is 1. The van der Waals surface area contributed by atoms with Crippen LogP contribution in [-0.4, -0.2) is 26.4 Å². The van der Waals surface area contributed by atoms with E-state index in [-0.39, 0.29) is 0 Å². The molecule has 0 amide bonds. The molecular formula is C11H18O3. The number of methoxy groups -OCH3 is 2. The zero-order valence-corrected chi connectivity index (χ0v) is 8.99. The molecule has 14 heavy (non-hydrogen) atoms. The van der Waals surface area contributed by atoms with Gasteiger partial charge in [0, 0.05) is 21.3 Å². The summed E-state index contributed by atoms with van der Waals surface area (Å²) in [6.45, 7) is 1.35. The second-order valence-corrected chi connectivity index (χ2v) is 2.68. The summed E-state index contributed by atoms with van der Waals surface area (Å²) in [6.07, 6.45) is 0. The fourth-order valence-electron chi connectivity index (χ4n) is 1.07. The Morgan fingerprint density at radius 3 is 1.36 bits per heavy atom. The average molecular weight is 198 g/mol. The molecule has 0 atom stereocenters. The predicted octanol–water partition coefficient (Wildman–Crippen LogP) is 1.59. The Balaban J connectivity index is 0.000000791. The molecule has 1 N–H and O–H groups in total. The van der Waals surface area contributed by atoms with Gasteiger partial charge in [0.25, 0.3) is 0 Å². The molecule has 0 spiro atoms. The van der Waals surface area contributed by atoms with E-state index in [1.54, 1.807) is 14.2 Å². The molecular weight excluding hydrogens is 180 g/mol. The zero-order valence-electron chi connectivity index (χ0n) is 8.99. The SMILES string of the molecule is CO.COCc1ccc(COC)cc1. The van der Waals surface area contributed by atoms with Crippen LogP contribution < -0.4 is 0 Å². The van der Waals surface area contributed by atoms with Crippen molar-refractivity contribution in [3.63, 3.8) is 0 Å². The standard InChI is InChI=1S/C10H14O2.CH4O/c1-11-7-9-3-5-10(6-4-9)8-12-2;1-2/h3-6H,7-8H2,1-2H3;2H,1H3. The summed E-state index contributed by atoms with van der Waals surface area (Å²) in [4.78, 5) is 0. The molecule has 0 aliphatic carbocycles. The molecule has 1 aromatic rings. The fraction of sp³-hybridized carbons (Fsp3) is 0.455. The molecule has 1 rings (SSSR count). The summed E-state index contributed by atoms with van der Waals surface area (Å²) in [5.41, 5.74) is 2.38. The predicted molar refractivity (Wildman–Crippen MR) is 56.0 cm³/mol. The van der Waals surface area contributed by atoms with Crippen molar-refractivity contribution in [3.8, 4) is 0 Å². The Kier molecular flexibility index (Phi) is 8.13. The lowest BCUT2D eigenvalue weighted by Gasteiger charge is -2.01. The van der Waals surface area contributed by atoms with Crippen LogP contribution in [0.25, 0.3) is 0 Å². The second-order valence-electron chi connectivity index (χ2n) is 2.68. The Morgan fingerprint density at radius 2 is 1.14 bits per heavy atom. The molecule has 0 radical (unpaired) electrons. The first kappa shape index (κ1) is 13.1. The van der Waals surface area contributed by atoms with E-state index in [4.69, 9.17) is 14.6 Å². The molecule has 0 fully saturated rings. The third kappa shape index (κ3) is 4.97. The maximum absolute atomic E-state index is 7.00. The number of hydrogen-bond donors (Lipinski definition) is 1. The third-order valence-electron chi connectivity index (χ3n) is 1.64. The van der Waals surface area contributed by atoms with Gasteiger partial charge in [-0.2, -0.15) is 0 Å². The van der Waals surface area contributed by atoms with Crippen LogP contribution in [0.2, 0.25) is 0 Å². The molecule has 0 saturated heterocycles. The van der Waals surface area contributed by atoms with Crippen molar-refractivity contribution in [1.82, 2.24) is 0 Å². The third-order valence-corrected chi connectivity index (χ3v) is 1.64. The van der Waals surface area contributed by atoms with E-state index in [0.29, 0.717) is 13.2 Å². The van der Waals surface area contributed by atoms with Crippen molar-refractivity contribution in [1.29, 1.82) is 0 Å². The highest BCUT2D eigenvalue weighted by Gasteiger charge is 1.92. The molecule has 0 aliphatic rings. The van der Waals surface area contributed by atoms with Gasteiger partial charge in [-0.25, -0.2) is 0 Å². The number of ether oxygens (including phenoxy) is 2. The van der Waals surface area contributed by atoms with Crippen LogP contribution >= 0.6 is 0 Å². The van der Waals surface area contributed by atoms with Gasteiger partial charge < -0.3 is 14.6 Å². The van der Waals surface area contributed by atoms with Crippen molar-refractivity contribution in [3.05, 3.63) is 35.4 Å². The quantitative estimate of drug-likeness (QED) is 0.798. The highest BCUT2D eigenvalue weighted by atomic mass is 16.5. The number of aliphatic hydroxyl groups is 1. The minimum Gasteiger partial charge on any atom is -0.400 e. The van der Waals surface area contributed by atoms with Crippen molar-refractivity contribution in [2.75, 3.05) is 21.3 Å². The van der Waals surface area contributed by atoms with E-state index in [9.17, 15) is 0 Å². The first-order chi connectivity index (χ1) is 6.86. The maximum atomic E-state index is 7.00. The Hall–Kier alpha value is -0.900. The Morgan fingerprint density at radius 1 is 0.857 bits per heavy atom. The summed E-state index contributed by atoms with van der Waals surface area (Å²) in [7, 11) is 4.39. The summed E-state index contributed by atoms with van der Waals surface area (Å²) >= 11 is 0. The summed E-state index contributed by atoms with van der Waals surface area (Å²) in [6, 6.07) is 8.21. The molecule has 0 heterocycles. The van der Waals surface area contributed by atoms with E-state index in [2.05, 4.69) is 24.3 Å². The molecule has 80 valence electrons. The Bertz CT molecular complexity index is 193. The molecule has 1 aromatic carbocycles. The van der Waals surface area contributed by atoms with Gasteiger partial charge in [-0.15, -0.1) is 0 Å². The molecule has 0 bridgehead atoms. The topological polar surface area (TPSA) is 38.7 Å². The summed E-state index contributed by atoms with van der Waals surface area (Å²) in [5.74, 6) is 0. The first-order valence-electron chi connectivity index (χ1n) is 4.37. The molecule has 0 saturated carbocycles. The lowest BCUT2D eigenvalue weighted by atomic mass is 10.1. The summed E-state index contributed by atoms with van der Waals surface area (Å²) in [5, 5.41) is 7.00. The van der Waals surface area contributed by atoms with Gasteiger partial charge in [0.15, 0.2) is 0 Å². The minimum atomic E-state index is 0.674. The normalized spacial score (nSPS) is 9.14. The monoisotopic (exact) mass is 198 g/mol. The summed E-state index contributed by atoms with van der Waals surface area (Å²) < 4.78 is 9.99. The second kappa shape index (κ2) is 8.69. The van der Waals surface area contributed by atoms with Crippen molar-refractivity contribution < 1.29 is 14.6 Å². The lowest BCUT2D eigenvalue weighted by molar-refractivity contribution is 0.182. The van der Waals surface area contributed by atoms with Crippen molar-refractivity contribution >= 4 is 0 Å². The van der Waals surface area contributed by atoms with Crippen LogP contribution in [0, 0.1) is 0 Å². The first-order valence-corrected chi connectivity index (χ1v) is 4.37. The number of rotatable bonds is 4. The van der Waals surface area contributed by atoms with Gasteiger partial charge in [0.1, 0.15) is 0 Å². The number of aliphatic hydroxyl groups excluding tert-OH is 1. The van der Waals surface area contributed by atoms with Crippen LogP contribution in [0.15, 0.2) is 24.3 Å². The van der Waals surface area contributed by atoms with E-state index in [0.717, 1.165) is 7.11 Å². The van der Waals surface area contributed by atoms with Gasteiger partial charge in [-0.1, -0.05) is 24.3 Å². The molecule has 0 aromatic heterocycles. The van der Waals surface area contributed by atoms with Crippen LogP contribution in [0.3, 0.4) is 0 Å². The van der Waals surface area contributed by atoms with E-state index in [1.807, 2.05) is 0 Å². The van der Waals surface area contributed by atoms with Crippen molar-refractivity contribution in [2.45, 2.75) is 13.2 Å². The maximum Gasteiger partial charge on any atom is 0.0713 e. The van der Waals surface area contributed by atoms with Gasteiger partial charge in [-0.3, -0.25) is 0 Å². The van der Waals surface area contributed by atoms with E-state index in [1.165, 1.54) is 11.1 Å². The lowest BCUT2D eigenvalue weighted by Crippen LogP contribution is -1.90. The van der Waals surface area contributed by atoms with Gasteiger partial charge in [0.05, 0.1) is 13.2 Å². The fourth-order valence-corrected chi connectivity index (χ4v) is 1.07. The Labute approximate surface area is 85.3 Å². The van der Waals surface area contributed by atoms with Gasteiger partial charge in [0.2, 0.25) is 0 Å². The van der Waals surface area contributed by atoms with Gasteiger partial charge in [-0.05, 0) is 11.1 Å². The van der Waals surface area contributed by atoms with Crippen LogP contribution in [-0.2, 0) is 22.7 Å². The average Bonchev–Trinajstić information content (AvgIpc) is 2.25. The van der Waals surface area contributed by atoms with Gasteiger partial charge >= 0.3 is 0 Å². The zero-order chi connectivity index (χ0) is 10.8. The van der Waals surface area contributed by atoms with Crippen molar-refractivity contribution in [2.24, 2.45) is 0 Å². The largest absolute Gasteiger partial charge is 0.400 e. The molecule has 3 nitrogen and oxygen atoms in total. The highest BCUT2D eigenvalue weighted by molar-refractivity contribution is 5.21. The van der Waals surface area contributed by atoms with E-state index >= 15 is 0 Å².